The largest absolute Gasteiger partial charge is 0.477 e. The maximum Gasteiger partial charge on any atom is 0.344 e. The van der Waals surface area contributed by atoms with Crippen molar-refractivity contribution in [2.75, 3.05) is 31.5 Å². The number of nitrogens with one attached hydrogen (secondary N) is 3. The van der Waals surface area contributed by atoms with Crippen LogP contribution < -0.4 is 20.7 Å². The van der Waals surface area contributed by atoms with Crippen molar-refractivity contribution in [3.05, 3.63) is 40.7 Å². The zero-order valence-electron chi connectivity index (χ0n) is 19.4. The first kappa shape index (κ1) is 25.8. The molecule has 1 aliphatic carbocycles. The van der Waals surface area contributed by atoms with Gasteiger partial charge in [-0.15, -0.1) is 0 Å². The molecule has 3 amide bonds. The number of ether oxygens (including phenoxy) is 1. The van der Waals surface area contributed by atoms with Crippen LogP contribution in [0.3, 0.4) is 0 Å². The quantitative estimate of drug-likeness (QED) is 0.333. The second-order valence-electron chi connectivity index (χ2n) is 8.76. The van der Waals surface area contributed by atoms with E-state index in [1.165, 1.54) is 12.1 Å². The van der Waals surface area contributed by atoms with Gasteiger partial charge >= 0.3 is 12.0 Å². The summed E-state index contributed by atoms with van der Waals surface area (Å²) in [5.41, 5.74) is -0.0247. The maximum atomic E-state index is 14.3. The lowest BCUT2D eigenvalue weighted by Gasteiger charge is -2.14. The van der Waals surface area contributed by atoms with Crippen LogP contribution in [0.15, 0.2) is 18.2 Å². The molecular weight excluding hydrogens is 496 g/mol. The van der Waals surface area contributed by atoms with Gasteiger partial charge in [0.1, 0.15) is 23.6 Å². The molecule has 4 N–H and O–H groups in total. The van der Waals surface area contributed by atoms with Gasteiger partial charge in [0.2, 0.25) is 5.88 Å². The van der Waals surface area contributed by atoms with Crippen molar-refractivity contribution in [1.29, 1.82) is 0 Å². The number of halogens is 2. The number of carboxylic acids is 1. The summed E-state index contributed by atoms with van der Waals surface area (Å²) in [4.78, 5) is 38.2. The maximum absolute atomic E-state index is 14.3. The van der Waals surface area contributed by atoms with E-state index < -0.39 is 24.0 Å². The van der Waals surface area contributed by atoms with E-state index in [-0.39, 0.29) is 46.1 Å². The van der Waals surface area contributed by atoms with Crippen LogP contribution >= 0.6 is 11.5 Å². The van der Waals surface area contributed by atoms with Gasteiger partial charge in [-0.3, -0.25) is 10.1 Å². The van der Waals surface area contributed by atoms with E-state index >= 15 is 0 Å². The summed E-state index contributed by atoms with van der Waals surface area (Å²) < 4.78 is 36.9. The number of alkyl halides is 1. The van der Waals surface area contributed by atoms with E-state index in [1.807, 2.05) is 4.90 Å². The van der Waals surface area contributed by atoms with E-state index in [1.54, 1.807) is 0 Å². The van der Waals surface area contributed by atoms with Crippen molar-refractivity contribution in [2.24, 2.45) is 0 Å². The summed E-state index contributed by atoms with van der Waals surface area (Å²) in [6.07, 6.45) is 2.17. The van der Waals surface area contributed by atoms with Crippen molar-refractivity contribution in [3.63, 3.8) is 0 Å². The van der Waals surface area contributed by atoms with Gasteiger partial charge in [0, 0.05) is 36.8 Å². The van der Waals surface area contributed by atoms with Crippen LogP contribution in [0.1, 0.15) is 52.0 Å². The van der Waals surface area contributed by atoms with E-state index in [0.717, 1.165) is 30.4 Å². The van der Waals surface area contributed by atoms with Crippen LogP contribution in [0, 0.1) is 5.82 Å². The van der Waals surface area contributed by atoms with E-state index in [9.17, 15) is 28.3 Å². The second-order valence-corrected chi connectivity index (χ2v) is 9.53. The zero-order chi connectivity index (χ0) is 25.7. The number of aromatic carboxylic acids is 1. The molecule has 2 aliphatic rings. The average molecular weight is 524 g/mol. The number of nitrogens with zero attached hydrogens (tertiary/aromatic N) is 2. The SMILES string of the molecule is O=C(NCCCN1CC[C@H](F)C1)Nc1snc(OCc2cc(C(=O)NC3CC3)ccc2F)c1C(=O)O. The minimum absolute atomic E-state index is 0.0344. The molecule has 194 valence electrons. The van der Waals surface area contributed by atoms with Gasteiger partial charge in [0.15, 0.2) is 5.56 Å². The number of carbonyl (C=O) groups is 3. The summed E-state index contributed by atoms with van der Waals surface area (Å²) in [6, 6.07) is 3.40. The fraction of sp³-hybridized carbons (Fsp3) is 0.478. The molecule has 1 aromatic carbocycles. The van der Waals surface area contributed by atoms with Crippen LogP contribution in [0.25, 0.3) is 0 Å². The van der Waals surface area contributed by atoms with Crippen molar-refractivity contribution >= 4 is 34.4 Å². The van der Waals surface area contributed by atoms with Gasteiger partial charge in [0.25, 0.3) is 5.91 Å². The van der Waals surface area contributed by atoms with Gasteiger partial charge in [-0.05, 0) is 62.0 Å². The summed E-state index contributed by atoms with van der Waals surface area (Å²) >= 11 is 0.718. The van der Waals surface area contributed by atoms with Crippen molar-refractivity contribution in [3.8, 4) is 5.88 Å². The average Bonchev–Trinajstić information content (AvgIpc) is 3.41. The molecule has 2 heterocycles. The van der Waals surface area contributed by atoms with Gasteiger partial charge in [0.05, 0.1) is 0 Å². The fourth-order valence-corrected chi connectivity index (χ4v) is 4.48. The predicted molar refractivity (Wildman–Crippen MR) is 128 cm³/mol. The molecule has 2 aromatic rings. The Hall–Kier alpha value is -3.32. The van der Waals surface area contributed by atoms with E-state index in [0.29, 0.717) is 39.0 Å². The zero-order valence-corrected chi connectivity index (χ0v) is 20.2. The Labute approximate surface area is 210 Å². The Morgan fingerprint density at radius 2 is 2.06 bits per heavy atom. The van der Waals surface area contributed by atoms with E-state index in [2.05, 4.69) is 20.3 Å². The number of carboxylic acid groups (broad SMARTS) is 1. The standard InChI is InChI=1S/C23H27F2N5O5S/c24-15-6-9-30(11-15)8-1-7-26-23(34)28-21-18(22(32)33)20(29-36-21)35-12-14-10-13(2-5-17(14)25)19(31)27-16-3-4-16/h2,5,10,15-16H,1,3-4,6-9,11-12H2,(H,27,31)(H,32,33)(H2,26,28,34)/t15-/m0/s1. The van der Waals surface area contributed by atoms with Crippen LogP contribution in [-0.2, 0) is 6.61 Å². The highest BCUT2D eigenvalue weighted by atomic mass is 32.1. The number of likely N-dealkylation sites (tertiary alicyclic amines) is 1. The lowest BCUT2D eigenvalue weighted by Crippen LogP contribution is -2.32. The third kappa shape index (κ3) is 6.88. The molecule has 1 saturated heterocycles. The highest BCUT2D eigenvalue weighted by Gasteiger charge is 2.26. The van der Waals surface area contributed by atoms with Crippen molar-refractivity contribution in [2.45, 2.75) is 44.5 Å². The second kappa shape index (κ2) is 11.6. The van der Waals surface area contributed by atoms with Crippen LogP contribution in [0.5, 0.6) is 5.88 Å². The van der Waals surface area contributed by atoms with Crippen molar-refractivity contribution in [1.82, 2.24) is 19.9 Å². The molecule has 1 atom stereocenters. The number of hydrogen-bond acceptors (Lipinski definition) is 7. The normalized spacial score (nSPS) is 17.6. The van der Waals surface area contributed by atoms with Gasteiger partial charge < -0.3 is 25.4 Å². The lowest BCUT2D eigenvalue weighted by molar-refractivity contribution is 0.0692. The van der Waals surface area contributed by atoms with Crippen LogP contribution in [-0.4, -0.2) is 70.7 Å². The molecule has 2 fully saturated rings. The number of urea groups is 1. The molecule has 1 saturated carbocycles. The number of hydrogen-bond donors (Lipinski definition) is 4. The Morgan fingerprint density at radius 1 is 1.25 bits per heavy atom. The van der Waals surface area contributed by atoms with E-state index in [4.69, 9.17) is 4.74 Å². The Kier molecular flexibility index (Phi) is 8.31. The highest BCUT2D eigenvalue weighted by Crippen LogP contribution is 2.31. The summed E-state index contributed by atoms with van der Waals surface area (Å²) in [7, 11) is 0. The number of carbonyl (C=O) groups excluding carboxylic acids is 2. The molecule has 4 rings (SSSR count). The number of aromatic nitrogens is 1. The molecule has 1 aromatic heterocycles. The summed E-state index contributed by atoms with van der Waals surface area (Å²) in [5.74, 6) is -2.58. The monoisotopic (exact) mass is 523 g/mol. The molecule has 1 aliphatic heterocycles. The topological polar surface area (TPSA) is 133 Å². The molecule has 0 bridgehead atoms. The molecule has 0 radical (unpaired) electrons. The predicted octanol–water partition coefficient (Wildman–Crippen LogP) is 3.01. The molecule has 0 spiro atoms. The molecule has 0 unspecified atom stereocenters. The minimum atomic E-state index is -1.37. The Bertz CT molecular complexity index is 1130. The molecule has 36 heavy (non-hydrogen) atoms. The molecule has 13 heteroatoms. The fourth-order valence-electron chi connectivity index (χ4n) is 3.76. The number of benzene rings is 1. The third-order valence-electron chi connectivity index (χ3n) is 5.84. The smallest absolute Gasteiger partial charge is 0.344 e. The first-order chi connectivity index (χ1) is 17.3. The first-order valence-corrected chi connectivity index (χ1v) is 12.4. The Morgan fingerprint density at radius 3 is 2.75 bits per heavy atom. The van der Waals surface area contributed by atoms with Crippen LogP contribution in [0.2, 0.25) is 0 Å². The molecule has 10 nitrogen and oxygen atoms in total. The summed E-state index contributed by atoms with van der Waals surface area (Å²) in [5, 5.41) is 17.5. The Balaban J connectivity index is 1.31. The number of anilines is 1. The minimum Gasteiger partial charge on any atom is -0.477 e. The van der Waals surface area contributed by atoms with Gasteiger partial charge in [-0.1, -0.05) is 0 Å². The first-order valence-electron chi connectivity index (χ1n) is 11.7. The number of amides is 3. The van der Waals surface area contributed by atoms with Crippen LogP contribution in [0.4, 0.5) is 18.6 Å². The lowest BCUT2D eigenvalue weighted by atomic mass is 10.1. The van der Waals surface area contributed by atoms with Crippen molar-refractivity contribution < 1.29 is 33.0 Å². The van der Waals surface area contributed by atoms with Gasteiger partial charge in [-0.25, -0.2) is 18.4 Å². The number of rotatable bonds is 11. The third-order valence-corrected chi connectivity index (χ3v) is 6.58. The molecular formula is C23H27F2N5O5S. The summed E-state index contributed by atoms with van der Waals surface area (Å²) in [6.45, 7) is 1.72. The highest BCUT2D eigenvalue weighted by molar-refractivity contribution is 7.11. The van der Waals surface area contributed by atoms with Gasteiger partial charge in [-0.2, -0.15) is 4.37 Å².